The molecule has 0 bridgehead atoms. The van der Waals surface area contributed by atoms with Gasteiger partial charge in [0.25, 0.3) is 0 Å². The molecule has 1 aromatic carbocycles. The Balaban J connectivity index is 0.00000364. The Bertz CT molecular complexity index is 756. The van der Waals surface area contributed by atoms with Gasteiger partial charge < -0.3 is 15.4 Å². The molecule has 0 amide bonds. The van der Waals surface area contributed by atoms with Gasteiger partial charge in [0, 0.05) is 24.5 Å². The summed E-state index contributed by atoms with van der Waals surface area (Å²) in [5.41, 5.74) is 1.03. The zero-order chi connectivity index (χ0) is 19.1. The summed E-state index contributed by atoms with van der Waals surface area (Å²) < 4.78 is 43.2. The van der Waals surface area contributed by atoms with Gasteiger partial charge in [0.15, 0.2) is 5.96 Å². The molecule has 5 nitrogen and oxygen atoms in total. The van der Waals surface area contributed by atoms with E-state index in [9.17, 15) is 13.2 Å². The van der Waals surface area contributed by atoms with Gasteiger partial charge in [0.05, 0.1) is 12.2 Å². The normalized spacial score (nSPS) is 11.5. The number of nitrogens with one attached hydrogen (secondary N) is 2. The number of halogens is 4. The van der Waals surface area contributed by atoms with Crippen molar-refractivity contribution >= 4 is 41.3 Å². The second-order valence-electron chi connectivity index (χ2n) is 5.70. The van der Waals surface area contributed by atoms with Crippen LogP contribution in [0, 0.1) is 5.82 Å². The number of aromatic nitrogens is 1. The van der Waals surface area contributed by atoms with Gasteiger partial charge in [-0.2, -0.15) is 8.78 Å². The van der Waals surface area contributed by atoms with Crippen molar-refractivity contribution < 1.29 is 17.9 Å². The molecule has 0 saturated carbocycles. The minimum Gasteiger partial charge on any atom is -0.434 e. The van der Waals surface area contributed by atoms with Gasteiger partial charge in [-0.1, -0.05) is 19.9 Å². The molecular weight excluding hydrogens is 492 g/mol. The van der Waals surface area contributed by atoms with Gasteiger partial charge in [-0.15, -0.1) is 35.3 Å². The summed E-state index contributed by atoms with van der Waals surface area (Å²) in [5, 5.41) is 8.85. The maximum absolute atomic E-state index is 14.0. The van der Waals surface area contributed by atoms with E-state index in [0.29, 0.717) is 18.4 Å². The molecule has 2 N–H and O–H groups in total. The van der Waals surface area contributed by atoms with Crippen LogP contribution in [0.3, 0.4) is 0 Å². The molecule has 1 aromatic heterocycles. The lowest BCUT2D eigenvalue weighted by atomic mass is 10.2. The highest BCUT2D eigenvalue weighted by atomic mass is 127. The third kappa shape index (κ3) is 7.17. The molecular formula is C17H22F3IN4OS. The Kier molecular flexibility index (Phi) is 9.84. The lowest BCUT2D eigenvalue weighted by Crippen LogP contribution is -2.36. The number of hydrogen-bond donors (Lipinski definition) is 2. The second-order valence-corrected chi connectivity index (χ2v) is 6.64. The van der Waals surface area contributed by atoms with Crippen LogP contribution in [0.25, 0.3) is 0 Å². The smallest absolute Gasteiger partial charge is 0.387 e. The number of guanidine groups is 1. The standard InChI is InChI=1S/C17H21F3N4OS.HI/c1-10(2)13-9-26-15(24-13)8-23-17(21-3)22-7-11-12(18)5-4-6-14(11)25-16(19)20;/h4-6,9-10,16H,7-8H2,1-3H3,(H2,21,22,23);1H. The highest BCUT2D eigenvalue weighted by Crippen LogP contribution is 2.23. The van der Waals surface area contributed by atoms with Crippen LogP contribution in [0.15, 0.2) is 28.6 Å². The molecule has 0 aliphatic heterocycles. The van der Waals surface area contributed by atoms with Gasteiger partial charge >= 0.3 is 6.61 Å². The summed E-state index contributed by atoms with van der Waals surface area (Å²) in [6.45, 7) is 1.52. The summed E-state index contributed by atoms with van der Waals surface area (Å²) in [4.78, 5) is 8.55. The summed E-state index contributed by atoms with van der Waals surface area (Å²) in [5.74, 6) is -0.0821. The van der Waals surface area contributed by atoms with Gasteiger partial charge in [-0.3, -0.25) is 4.99 Å². The van der Waals surface area contributed by atoms with Crippen LogP contribution >= 0.6 is 35.3 Å². The highest BCUT2D eigenvalue weighted by Gasteiger charge is 2.14. The van der Waals surface area contributed by atoms with Crippen molar-refractivity contribution in [3.8, 4) is 5.75 Å². The van der Waals surface area contributed by atoms with Gasteiger partial charge in [-0.25, -0.2) is 9.37 Å². The van der Waals surface area contributed by atoms with Crippen molar-refractivity contribution in [2.45, 2.75) is 39.5 Å². The fourth-order valence-electron chi connectivity index (χ4n) is 2.14. The Morgan fingerprint density at radius 1 is 1.26 bits per heavy atom. The topological polar surface area (TPSA) is 58.5 Å². The van der Waals surface area contributed by atoms with E-state index in [1.165, 1.54) is 29.5 Å². The lowest BCUT2D eigenvalue weighted by molar-refractivity contribution is -0.0506. The molecule has 1 heterocycles. The first kappa shape index (κ1) is 23.5. The van der Waals surface area contributed by atoms with E-state index >= 15 is 0 Å². The summed E-state index contributed by atoms with van der Waals surface area (Å²) >= 11 is 1.54. The van der Waals surface area contributed by atoms with Crippen molar-refractivity contribution in [3.05, 3.63) is 45.7 Å². The van der Waals surface area contributed by atoms with E-state index in [1.807, 2.05) is 5.38 Å². The van der Waals surface area contributed by atoms with Crippen molar-refractivity contribution in [1.29, 1.82) is 0 Å². The molecule has 10 heteroatoms. The molecule has 0 fully saturated rings. The molecule has 0 aliphatic rings. The van der Waals surface area contributed by atoms with Crippen molar-refractivity contribution in [1.82, 2.24) is 15.6 Å². The number of rotatable bonds is 7. The fraction of sp³-hybridized carbons (Fsp3) is 0.412. The average molecular weight is 514 g/mol. The third-order valence-corrected chi connectivity index (χ3v) is 4.38. The predicted octanol–water partition coefficient (Wildman–Crippen LogP) is 4.49. The number of benzene rings is 1. The number of thiazole rings is 1. The van der Waals surface area contributed by atoms with Gasteiger partial charge in [-0.05, 0) is 18.1 Å². The quantitative estimate of drug-likeness (QED) is 0.325. The zero-order valence-electron chi connectivity index (χ0n) is 15.1. The van der Waals surface area contributed by atoms with Crippen LogP contribution in [-0.2, 0) is 13.1 Å². The van der Waals surface area contributed by atoms with Crippen LogP contribution in [-0.4, -0.2) is 24.6 Å². The fourth-order valence-corrected chi connectivity index (χ4v) is 3.04. The molecule has 0 aliphatic carbocycles. The van der Waals surface area contributed by atoms with E-state index < -0.39 is 12.4 Å². The van der Waals surface area contributed by atoms with Crippen LogP contribution in [0.2, 0.25) is 0 Å². The SMILES string of the molecule is CN=C(NCc1nc(C(C)C)cs1)NCc1c(F)cccc1OC(F)F.I. The van der Waals surface area contributed by atoms with E-state index in [2.05, 4.69) is 39.2 Å². The molecule has 150 valence electrons. The summed E-state index contributed by atoms with van der Waals surface area (Å²) in [6, 6.07) is 3.80. The van der Waals surface area contributed by atoms with E-state index in [1.54, 1.807) is 7.05 Å². The van der Waals surface area contributed by atoms with Crippen LogP contribution < -0.4 is 15.4 Å². The first-order valence-electron chi connectivity index (χ1n) is 8.01. The first-order valence-corrected chi connectivity index (χ1v) is 8.89. The van der Waals surface area contributed by atoms with E-state index in [0.717, 1.165) is 10.7 Å². The number of ether oxygens (including phenoxy) is 1. The zero-order valence-corrected chi connectivity index (χ0v) is 18.3. The van der Waals surface area contributed by atoms with Crippen molar-refractivity contribution in [2.75, 3.05) is 7.05 Å². The summed E-state index contributed by atoms with van der Waals surface area (Å²) in [6.07, 6.45) is 0. The molecule has 0 radical (unpaired) electrons. The lowest BCUT2D eigenvalue weighted by Gasteiger charge is -2.14. The molecule has 2 rings (SSSR count). The minimum atomic E-state index is -3.02. The van der Waals surface area contributed by atoms with Gasteiger partial charge in [0.2, 0.25) is 0 Å². The molecule has 27 heavy (non-hydrogen) atoms. The monoisotopic (exact) mass is 514 g/mol. The Hall–Kier alpha value is -1.56. The maximum atomic E-state index is 14.0. The first-order chi connectivity index (χ1) is 12.4. The average Bonchev–Trinajstić information content (AvgIpc) is 3.05. The molecule has 0 saturated heterocycles. The van der Waals surface area contributed by atoms with Crippen LogP contribution in [0.5, 0.6) is 5.75 Å². The maximum Gasteiger partial charge on any atom is 0.387 e. The Labute approximate surface area is 177 Å². The Morgan fingerprint density at radius 3 is 2.56 bits per heavy atom. The molecule has 0 atom stereocenters. The minimum absolute atomic E-state index is 0. The van der Waals surface area contributed by atoms with Crippen molar-refractivity contribution in [2.24, 2.45) is 4.99 Å². The van der Waals surface area contributed by atoms with Crippen molar-refractivity contribution in [3.63, 3.8) is 0 Å². The number of alkyl halides is 2. The second kappa shape index (κ2) is 11.3. The predicted molar refractivity (Wildman–Crippen MR) is 112 cm³/mol. The number of hydrogen-bond acceptors (Lipinski definition) is 4. The number of aliphatic imine (C=N–C) groups is 1. The van der Waals surface area contributed by atoms with Gasteiger partial charge in [0.1, 0.15) is 16.6 Å². The Morgan fingerprint density at radius 2 is 1.96 bits per heavy atom. The summed E-state index contributed by atoms with van der Waals surface area (Å²) in [7, 11) is 1.56. The van der Waals surface area contributed by atoms with Crippen LogP contribution in [0.1, 0.15) is 36.0 Å². The van der Waals surface area contributed by atoms with Crippen LogP contribution in [0.4, 0.5) is 13.2 Å². The molecule has 2 aromatic rings. The van der Waals surface area contributed by atoms with E-state index in [4.69, 9.17) is 0 Å². The highest BCUT2D eigenvalue weighted by molar-refractivity contribution is 14.0. The third-order valence-electron chi connectivity index (χ3n) is 3.52. The number of nitrogens with zero attached hydrogens (tertiary/aromatic N) is 2. The largest absolute Gasteiger partial charge is 0.434 e. The molecule has 0 unspecified atom stereocenters. The van der Waals surface area contributed by atoms with E-state index in [-0.39, 0.29) is 41.8 Å². The molecule has 0 spiro atoms.